The summed E-state index contributed by atoms with van der Waals surface area (Å²) in [7, 11) is 1.19. The highest BCUT2D eigenvalue weighted by atomic mass is 35.5. The van der Waals surface area contributed by atoms with Gasteiger partial charge in [-0.15, -0.1) is 0 Å². The van der Waals surface area contributed by atoms with E-state index in [0.29, 0.717) is 87.8 Å². The van der Waals surface area contributed by atoms with E-state index in [1.807, 2.05) is 38.1 Å². The first kappa shape index (κ1) is 60.1. The lowest BCUT2D eigenvalue weighted by Crippen LogP contribution is -2.42. The number of carbonyl (C=O) groups excluding carboxylic acids is 8. The van der Waals surface area contributed by atoms with Crippen LogP contribution in [0.2, 0.25) is 25.1 Å². The van der Waals surface area contributed by atoms with Crippen LogP contribution in [0.1, 0.15) is 53.5 Å². The zero-order valence-corrected chi connectivity index (χ0v) is 49.1. The second-order valence-electron chi connectivity index (χ2n) is 17.5. The Labute approximate surface area is 501 Å². The number of esters is 1. The summed E-state index contributed by atoms with van der Waals surface area (Å²) in [5.74, 6) is 0.639. The van der Waals surface area contributed by atoms with Crippen molar-refractivity contribution >= 4 is 157 Å². The van der Waals surface area contributed by atoms with Crippen LogP contribution in [0.3, 0.4) is 0 Å². The number of carbonyl (C=O) groups is 8. The van der Waals surface area contributed by atoms with Gasteiger partial charge < -0.3 is 18.0 Å². The number of imide groups is 3. The molecule has 3 saturated heterocycles. The van der Waals surface area contributed by atoms with Crippen LogP contribution >= 0.6 is 93.3 Å². The van der Waals surface area contributed by atoms with Crippen molar-refractivity contribution in [2.75, 3.05) is 20.2 Å². The Morgan fingerprint density at radius 1 is 0.556 bits per heavy atom. The van der Waals surface area contributed by atoms with Gasteiger partial charge in [0.25, 0.3) is 33.4 Å². The lowest BCUT2D eigenvalue weighted by Gasteiger charge is -2.18. The molecule has 0 saturated carbocycles. The number of amides is 6. The minimum Gasteiger partial charge on any atom is -0.467 e. The first-order valence-electron chi connectivity index (χ1n) is 24.1. The van der Waals surface area contributed by atoms with Crippen LogP contribution in [0, 0.1) is 6.92 Å². The number of rotatable bonds is 13. The van der Waals surface area contributed by atoms with Crippen LogP contribution in [-0.2, 0) is 23.9 Å². The van der Waals surface area contributed by atoms with Crippen LogP contribution in [-0.4, -0.2) is 86.1 Å². The number of aryl methyl sites for hydroxylation is 1. The molecule has 3 aliphatic rings. The largest absolute Gasteiger partial charge is 0.467 e. The van der Waals surface area contributed by atoms with Gasteiger partial charge in [-0.05, 0) is 153 Å². The maximum absolute atomic E-state index is 12.7. The number of furan rings is 3. The number of ether oxygens (including phenoxy) is 1. The van der Waals surface area contributed by atoms with Crippen molar-refractivity contribution in [1.29, 1.82) is 0 Å². The van der Waals surface area contributed by atoms with E-state index in [4.69, 9.17) is 71.3 Å². The molecule has 23 heteroatoms. The molecule has 0 N–H and O–H groups in total. The van der Waals surface area contributed by atoms with E-state index in [-0.39, 0.29) is 33.3 Å². The topological polar surface area (TPSA) is 195 Å². The van der Waals surface area contributed by atoms with Crippen molar-refractivity contribution in [2.45, 2.75) is 33.2 Å². The third-order valence-corrected chi connectivity index (χ3v) is 15.9. The fraction of sp³-hybridized carbons (Fsp3) is 0.138. The molecule has 81 heavy (non-hydrogen) atoms. The summed E-state index contributed by atoms with van der Waals surface area (Å²) in [5, 5.41) is 1.30. The van der Waals surface area contributed by atoms with Gasteiger partial charge in [0.1, 0.15) is 40.6 Å². The van der Waals surface area contributed by atoms with Crippen molar-refractivity contribution in [3.63, 3.8) is 0 Å². The SMILES string of the molecule is CCCN1C(=O)S/C(=C\c2ccc(-c3ccc(Cl)cc3Cl)o2)C1=O.COC(=O)C(C)N1C(=O)S/C(=C\c2ccc(-c3ccc(Cl)cc3Cl)o2)C1=O.Cc1ccc(C(=O)CN2C(=O)S/C(=C\c3ccc(-c4ccc(Cl)cc4)o3)C2=O)cc1. The molecule has 10 rings (SSSR count). The smallest absolute Gasteiger partial charge is 0.328 e. The molecule has 1 unspecified atom stereocenters. The highest BCUT2D eigenvalue weighted by molar-refractivity contribution is 8.19. The van der Waals surface area contributed by atoms with E-state index in [9.17, 15) is 38.4 Å². The number of methoxy groups -OCH3 is 1. The van der Waals surface area contributed by atoms with Crippen molar-refractivity contribution < 1.29 is 56.3 Å². The van der Waals surface area contributed by atoms with Crippen molar-refractivity contribution in [2.24, 2.45) is 0 Å². The number of nitrogens with zero attached hydrogens (tertiary/aromatic N) is 3. The van der Waals surface area contributed by atoms with Gasteiger partial charge >= 0.3 is 5.97 Å². The first-order valence-corrected chi connectivity index (χ1v) is 28.5. The summed E-state index contributed by atoms with van der Waals surface area (Å²) in [6, 6.07) is 33.6. The van der Waals surface area contributed by atoms with Crippen LogP contribution < -0.4 is 0 Å². The quantitative estimate of drug-likeness (QED) is 0.0600. The standard InChI is InChI=1S/C23H16ClNO4S.C18H13Cl2NO5S.C17H13Cl2NO3S/c1-14-2-4-15(5-3-14)19(26)13-25-22(27)21(30-23(25)28)12-18-10-11-20(29-18)16-6-8-17(24)9-7-16;1-9(17(23)25-2)21-16(22)15(27-18(21)24)8-11-4-6-14(26-11)12-5-3-10(19)7-13(12)20;1-2-7-20-16(21)15(24-17(20)22)9-11-4-6-14(23-11)12-5-3-10(18)8-13(12)19/h2-12H,13H2,1H3;3-9H,1-2H3;3-6,8-9H,2,7H2,1H3/b21-12-;15-8-;15-9-. The van der Waals surface area contributed by atoms with E-state index in [1.165, 1.54) is 31.1 Å². The number of hydrogen-bond acceptors (Lipinski definition) is 15. The molecule has 6 heterocycles. The fourth-order valence-corrected chi connectivity index (χ4v) is 11.4. The number of hydrogen-bond donors (Lipinski definition) is 0. The Morgan fingerprint density at radius 2 is 1.00 bits per heavy atom. The summed E-state index contributed by atoms with van der Waals surface area (Å²) >= 11 is 32.5. The molecule has 15 nitrogen and oxygen atoms in total. The zero-order chi connectivity index (χ0) is 58.2. The molecule has 414 valence electrons. The lowest BCUT2D eigenvalue weighted by atomic mass is 10.1. The van der Waals surface area contributed by atoms with Crippen LogP contribution in [0.5, 0.6) is 0 Å². The highest BCUT2D eigenvalue weighted by Gasteiger charge is 2.42. The predicted octanol–water partition coefficient (Wildman–Crippen LogP) is 16.4. The zero-order valence-electron chi connectivity index (χ0n) is 42.8. The van der Waals surface area contributed by atoms with Crippen molar-refractivity contribution in [1.82, 2.24) is 14.7 Å². The van der Waals surface area contributed by atoms with Crippen LogP contribution in [0.15, 0.2) is 149 Å². The average Bonchev–Trinajstić information content (AvgIpc) is 4.53. The minimum atomic E-state index is -1.01. The molecule has 3 aliphatic heterocycles. The second-order valence-corrected chi connectivity index (χ2v) is 22.6. The second kappa shape index (κ2) is 26.7. The third-order valence-electron chi connectivity index (χ3n) is 11.8. The van der Waals surface area contributed by atoms with E-state index in [2.05, 4.69) is 4.74 Å². The normalized spacial score (nSPS) is 16.2. The lowest BCUT2D eigenvalue weighted by molar-refractivity contribution is -0.148. The van der Waals surface area contributed by atoms with Gasteiger partial charge in [0.05, 0.1) is 38.4 Å². The Morgan fingerprint density at radius 3 is 1.49 bits per heavy atom. The van der Waals surface area contributed by atoms with Gasteiger partial charge in [0.15, 0.2) is 5.78 Å². The molecule has 0 spiro atoms. The first-order chi connectivity index (χ1) is 38.7. The fourth-order valence-electron chi connectivity index (χ4n) is 7.73. The molecule has 4 aromatic carbocycles. The summed E-state index contributed by atoms with van der Waals surface area (Å²) < 4.78 is 21.8. The molecular formula is C58H42Cl5N3O12S3. The van der Waals surface area contributed by atoms with E-state index in [1.54, 1.807) is 103 Å². The molecule has 6 amide bonds. The van der Waals surface area contributed by atoms with Crippen molar-refractivity contribution in [3.05, 3.63) is 190 Å². The minimum absolute atomic E-state index is 0.152. The number of Topliss-reactive ketones (excluding diaryl/α,β-unsaturated/α-hetero) is 1. The summed E-state index contributed by atoms with van der Waals surface area (Å²) in [5.41, 5.74) is 3.68. The molecule has 3 fully saturated rings. The highest BCUT2D eigenvalue weighted by Crippen LogP contribution is 2.39. The summed E-state index contributed by atoms with van der Waals surface area (Å²) in [6.07, 6.45) is 5.27. The third kappa shape index (κ3) is 14.6. The Bertz CT molecular complexity index is 3740. The van der Waals surface area contributed by atoms with Gasteiger partial charge in [-0.25, -0.2) is 4.79 Å². The number of halogens is 5. The molecule has 3 aromatic heterocycles. The number of thioether (sulfide) groups is 3. The van der Waals surface area contributed by atoms with Gasteiger partial charge in [-0.1, -0.05) is 94.8 Å². The molecule has 1 atom stereocenters. The molecule has 0 aliphatic carbocycles. The maximum Gasteiger partial charge on any atom is 0.328 e. The molecular weight excluding hydrogens is 1200 g/mol. The number of ketones is 1. The molecule has 0 bridgehead atoms. The van der Waals surface area contributed by atoms with E-state index < -0.39 is 34.3 Å². The van der Waals surface area contributed by atoms with Crippen molar-refractivity contribution in [3.8, 4) is 34.0 Å². The Balaban J connectivity index is 0.000000160. The van der Waals surface area contributed by atoms with Gasteiger partial charge in [0.2, 0.25) is 0 Å². The Kier molecular flexibility index (Phi) is 19.8. The predicted molar refractivity (Wildman–Crippen MR) is 318 cm³/mol. The van der Waals surface area contributed by atoms with Gasteiger partial charge in [0, 0.05) is 62.1 Å². The van der Waals surface area contributed by atoms with E-state index in [0.717, 1.165) is 62.6 Å². The van der Waals surface area contributed by atoms with Gasteiger partial charge in [-0.2, -0.15) is 0 Å². The van der Waals surface area contributed by atoms with Crippen LogP contribution in [0.4, 0.5) is 14.4 Å². The van der Waals surface area contributed by atoms with Gasteiger partial charge in [-0.3, -0.25) is 48.3 Å². The summed E-state index contributed by atoms with van der Waals surface area (Å²) in [4.78, 5) is 101. The monoisotopic (exact) mass is 1240 g/mol. The average molecular weight is 1250 g/mol. The Hall–Kier alpha value is -7.00. The maximum atomic E-state index is 12.7. The van der Waals surface area contributed by atoms with Crippen LogP contribution in [0.25, 0.3) is 52.2 Å². The number of benzene rings is 4. The molecule has 0 radical (unpaired) electrons. The summed E-state index contributed by atoms with van der Waals surface area (Å²) in [6.45, 7) is 5.40. The van der Waals surface area contributed by atoms with E-state index >= 15 is 0 Å². The molecule has 7 aromatic rings.